The molecule has 1 amide bonds. The van der Waals surface area contributed by atoms with Gasteiger partial charge in [-0.2, -0.15) is 13.2 Å². The highest BCUT2D eigenvalue weighted by atomic mass is 32.1. The average Bonchev–Trinajstić information content (AvgIpc) is 3.15. The van der Waals surface area contributed by atoms with Crippen molar-refractivity contribution in [3.8, 4) is 11.3 Å². The number of thiazole rings is 1. The summed E-state index contributed by atoms with van der Waals surface area (Å²) in [5, 5.41) is 5.55. The third kappa shape index (κ3) is 3.80. The molecule has 3 rings (SSSR count). The Bertz CT molecular complexity index is 722. The van der Waals surface area contributed by atoms with E-state index in [0.717, 1.165) is 16.3 Å². The van der Waals surface area contributed by atoms with Gasteiger partial charge in [0, 0.05) is 23.2 Å². The highest BCUT2D eigenvalue weighted by Crippen LogP contribution is 2.37. The van der Waals surface area contributed by atoms with Crippen LogP contribution in [0.5, 0.6) is 0 Å². The highest BCUT2D eigenvalue weighted by molar-refractivity contribution is 7.09. The third-order valence-corrected chi connectivity index (χ3v) is 5.09. The van der Waals surface area contributed by atoms with E-state index < -0.39 is 18.1 Å². The van der Waals surface area contributed by atoms with Gasteiger partial charge in [0.1, 0.15) is 5.69 Å². The number of carbonyl (C=O) groups is 1. The van der Waals surface area contributed by atoms with Gasteiger partial charge in [0.25, 0.3) is 5.91 Å². The maximum Gasteiger partial charge on any atom is 0.391 e. The summed E-state index contributed by atoms with van der Waals surface area (Å²) in [4.78, 5) is 19.5. The Morgan fingerprint density at radius 1 is 1.42 bits per heavy atom. The average molecular weight is 357 g/mol. The Morgan fingerprint density at radius 3 is 2.88 bits per heavy atom. The van der Waals surface area contributed by atoms with Crippen molar-refractivity contribution in [1.29, 1.82) is 0 Å². The van der Waals surface area contributed by atoms with Crippen LogP contribution in [0, 0.1) is 12.8 Å². The molecule has 0 radical (unpaired) electrons. The van der Waals surface area contributed by atoms with Crippen LogP contribution in [0.15, 0.2) is 17.6 Å². The molecule has 0 bridgehead atoms. The van der Waals surface area contributed by atoms with Gasteiger partial charge in [-0.3, -0.25) is 4.79 Å². The highest BCUT2D eigenvalue weighted by Gasteiger charge is 2.42. The monoisotopic (exact) mass is 357 g/mol. The topological polar surface area (TPSA) is 57.8 Å². The first-order chi connectivity index (χ1) is 11.3. The summed E-state index contributed by atoms with van der Waals surface area (Å²) in [6.07, 6.45) is -1.35. The first-order valence-corrected chi connectivity index (χ1v) is 8.69. The molecular formula is C16H18F3N3OS. The number of rotatable bonds is 3. The number of amides is 1. The van der Waals surface area contributed by atoms with E-state index in [1.165, 1.54) is 11.3 Å². The van der Waals surface area contributed by atoms with Crippen LogP contribution in [0.1, 0.15) is 41.2 Å². The summed E-state index contributed by atoms with van der Waals surface area (Å²) in [5.74, 6) is -1.70. The number of hydrogen-bond donors (Lipinski definition) is 2. The number of H-pyrrole nitrogens is 1. The van der Waals surface area contributed by atoms with Crippen LogP contribution >= 0.6 is 11.3 Å². The Morgan fingerprint density at radius 2 is 2.21 bits per heavy atom. The van der Waals surface area contributed by atoms with Crippen molar-refractivity contribution in [3.05, 3.63) is 28.3 Å². The zero-order valence-electron chi connectivity index (χ0n) is 13.1. The normalized spacial score (nSPS) is 21.7. The molecule has 1 saturated carbocycles. The van der Waals surface area contributed by atoms with Crippen molar-refractivity contribution in [1.82, 2.24) is 15.3 Å². The molecule has 0 unspecified atom stereocenters. The van der Waals surface area contributed by atoms with E-state index in [-0.39, 0.29) is 18.7 Å². The summed E-state index contributed by atoms with van der Waals surface area (Å²) < 4.78 is 38.5. The van der Waals surface area contributed by atoms with Crippen molar-refractivity contribution in [2.45, 2.75) is 44.8 Å². The van der Waals surface area contributed by atoms with Crippen molar-refractivity contribution in [2.75, 3.05) is 0 Å². The van der Waals surface area contributed by atoms with E-state index in [2.05, 4.69) is 15.3 Å². The van der Waals surface area contributed by atoms with Gasteiger partial charge in [-0.1, -0.05) is 6.42 Å². The van der Waals surface area contributed by atoms with Crippen LogP contribution in [-0.2, 0) is 0 Å². The lowest BCUT2D eigenvalue weighted by molar-refractivity contribution is -0.183. The number of carbonyl (C=O) groups excluding carboxylic acids is 1. The summed E-state index contributed by atoms with van der Waals surface area (Å²) in [6, 6.07) is 1.24. The molecule has 24 heavy (non-hydrogen) atoms. The van der Waals surface area contributed by atoms with E-state index in [0.29, 0.717) is 18.5 Å². The first-order valence-electron chi connectivity index (χ1n) is 7.81. The number of halogens is 3. The molecule has 2 atom stereocenters. The minimum absolute atomic E-state index is 0.0475. The SMILES string of the molecule is Cc1nc(-c2c[nH]c(C(=O)N[C@H]3CCC[C@H](C(F)(F)F)C3)c2)cs1. The van der Waals surface area contributed by atoms with Gasteiger partial charge in [-0.05, 0) is 32.3 Å². The van der Waals surface area contributed by atoms with E-state index in [1.807, 2.05) is 12.3 Å². The van der Waals surface area contributed by atoms with Crippen LogP contribution in [0.3, 0.4) is 0 Å². The molecule has 1 aliphatic rings. The molecule has 1 aliphatic carbocycles. The quantitative estimate of drug-likeness (QED) is 0.861. The molecule has 0 aromatic carbocycles. The fraction of sp³-hybridized carbons (Fsp3) is 0.500. The number of aromatic amines is 1. The van der Waals surface area contributed by atoms with E-state index in [9.17, 15) is 18.0 Å². The number of nitrogens with one attached hydrogen (secondary N) is 2. The Balaban J connectivity index is 1.64. The summed E-state index contributed by atoms with van der Waals surface area (Å²) in [7, 11) is 0. The number of aryl methyl sites for hydroxylation is 1. The van der Waals surface area contributed by atoms with Gasteiger partial charge in [-0.25, -0.2) is 4.98 Å². The van der Waals surface area contributed by atoms with E-state index in [1.54, 1.807) is 12.3 Å². The minimum atomic E-state index is -4.19. The van der Waals surface area contributed by atoms with Crippen LogP contribution in [-0.4, -0.2) is 28.1 Å². The zero-order chi connectivity index (χ0) is 17.3. The molecule has 0 spiro atoms. The number of hydrogen-bond acceptors (Lipinski definition) is 3. The van der Waals surface area contributed by atoms with Gasteiger partial charge in [0.2, 0.25) is 0 Å². The Kier molecular flexibility index (Phi) is 4.67. The number of alkyl halides is 3. The largest absolute Gasteiger partial charge is 0.391 e. The van der Waals surface area contributed by atoms with Crippen LogP contribution < -0.4 is 5.32 Å². The lowest BCUT2D eigenvalue weighted by atomic mass is 9.85. The predicted octanol–water partition coefficient (Wildman–Crippen LogP) is 4.30. The molecule has 0 aliphatic heterocycles. The van der Waals surface area contributed by atoms with Crippen LogP contribution in [0.4, 0.5) is 13.2 Å². The molecule has 2 aromatic heterocycles. The number of nitrogens with zero attached hydrogens (tertiary/aromatic N) is 1. The summed E-state index contributed by atoms with van der Waals surface area (Å²) in [6.45, 7) is 1.90. The molecule has 130 valence electrons. The van der Waals surface area contributed by atoms with E-state index >= 15 is 0 Å². The van der Waals surface area contributed by atoms with Gasteiger partial charge in [0.05, 0.1) is 16.6 Å². The first kappa shape index (κ1) is 17.0. The van der Waals surface area contributed by atoms with Gasteiger partial charge in [0.15, 0.2) is 0 Å². The molecular weight excluding hydrogens is 339 g/mol. The van der Waals surface area contributed by atoms with Gasteiger partial charge >= 0.3 is 6.18 Å². The van der Waals surface area contributed by atoms with Crippen molar-refractivity contribution in [3.63, 3.8) is 0 Å². The lowest BCUT2D eigenvalue weighted by Crippen LogP contribution is -2.41. The molecule has 4 nitrogen and oxygen atoms in total. The summed E-state index contributed by atoms with van der Waals surface area (Å²) in [5.41, 5.74) is 1.91. The second kappa shape index (κ2) is 6.58. The minimum Gasteiger partial charge on any atom is -0.357 e. The maximum absolute atomic E-state index is 12.8. The van der Waals surface area contributed by atoms with Gasteiger partial charge in [-0.15, -0.1) is 11.3 Å². The van der Waals surface area contributed by atoms with Crippen molar-refractivity contribution in [2.24, 2.45) is 5.92 Å². The fourth-order valence-electron chi connectivity index (χ4n) is 3.05. The van der Waals surface area contributed by atoms with Crippen molar-refractivity contribution < 1.29 is 18.0 Å². The summed E-state index contributed by atoms with van der Waals surface area (Å²) >= 11 is 1.52. The molecule has 2 aromatic rings. The standard InChI is InChI=1S/C16H18F3N3OS/c1-9-21-14(8-24-9)10-5-13(20-7-10)15(23)22-12-4-2-3-11(6-12)16(17,18)19/h5,7-8,11-12,20H,2-4,6H2,1H3,(H,22,23)/t11-,12-/m0/s1. The Labute approximate surface area is 141 Å². The molecule has 8 heteroatoms. The predicted molar refractivity (Wildman–Crippen MR) is 85.9 cm³/mol. The fourth-order valence-corrected chi connectivity index (χ4v) is 3.67. The third-order valence-electron chi connectivity index (χ3n) is 4.31. The molecule has 0 saturated heterocycles. The van der Waals surface area contributed by atoms with Crippen LogP contribution in [0.25, 0.3) is 11.3 Å². The second-order valence-electron chi connectivity index (χ2n) is 6.13. The van der Waals surface area contributed by atoms with Gasteiger partial charge < -0.3 is 10.3 Å². The second-order valence-corrected chi connectivity index (χ2v) is 7.19. The zero-order valence-corrected chi connectivity index (χ0v) is 13.9. The lowest BCUT2D eigenvalue weighted by Gasteiger charge is -2.30. The number of aromatic nitrogens is 2. The molecule has 1 fully saturated rings. The maximum atomic E-state index is 12.8. The van der Waals surface area contributed by atoms with Crippen molar-refractivity contribution >= 4 is 17.2 Å². The Hall–Kier alpha value is -1.83. The van der Waals surface area contributed by atoms with E-state index in [4.69, 9.17) is 0 Å². The van der Waals surface area contributed by atoms with Crippen LogP contribution in [0.2, 0.25) is 0 Å². The smallest absolute Gasteiger partial charge is 0.357 e. The molecule has 2 heterocycles. The molecule has 2 N–H and O–H groups in total.